The number of nitrogens with zero attached hydrogens (tertiary/aromatic N) is 2. The number of carbonyl (C=O) groups is 1. The van der Waals surface area contributed by atoms with E-state index in [-0.39, 0.29) is 5.91 Å². The molecule has 6 heteroatoms. The Balaban J connectivity index is 1.44. The molecular formula is C18H23N3OS2. The number of carbonyl (C=O) groups excluding carboxylic acids is 1. The van der Waals surface area contributed by atoms with Crippen LogP contribution in [-0.2, 0) is 6.54 Å². The lowest BCUT2D eigenvalue weighted by Gasteiger charge is -2.31. The molecule has 0 saturated carbocycles. The van der Waals surface area contributed by atoms with E-state index in [2.05, 4.69) is 32.7 Å². The minimum absolute atomic E-state index is 0.00605. The lowest BCUT2D eigenvalue weighted by Crippen LogP contribution is -2.38. The molecule has 0 spiro atoms. The molecule has 3 rings (SSSR count). The van der Waals surface area contributed by atoms with Gasteiger partial charge in [-0.25, -0.2) is 4.98 Å². The number of thiophene rings is 1. The maximum Gasteiger partial charge on any atom is 0.254 e. The normalized spacial score (nSPS) is 16.2. The van der Waals surface area contributed by atoms with Crippen molar-refractivity contribution in [3.05, 3.63) is 46.3 Å². The Hall–Kier alpha value is -1.37. The number of aromatic nitrogens is 1. The molecule has 24 heavy (non-hydrogen) atoms. The van der Waals surface area contributed by atoms with Gasteiger partial charge < -0.3 is 5.32 Å². The van der Waals surface area contributed by atoms with Crippen LogP contribution in [0.4, 0.5) is 0 Å². The van der Waals surface area contributed by atoms with E-state index in [0.29, 0.717) is 11.5 Å². The molecule has 0 bridgehead atoms. The summed E-state index contributed by atoms with van der Waals surface area (Å²) < 4.78 is 0. The molecule has 1 aliphatic heterocycles. The first kappa shape index (κ1) is 17.5. The fourth-order valence-electron chi connectivity index (χ4n) is 3.03. The summed E-state index contributed by atoms with van der Waals surface area (Å²) in [5, 5.41) is 6.03. The predicted octanol–water partition coefficient (Wildman–Crippen LogP) is 3.51. The summed E-state index contributed by atoms with van der Waals surface area (Å²) in [6.45, 7) is 4.04. The quantitative estimate of drug-likeness (QED) is 0.800. The van der Waals surface area contributed by atoms with E-state index in [1.54, 1.807) is 6.20 Å². The summed E-state index contributed by atoms with van der Waals surface area (Å²) in [6.07, 6.45) is 5.97. The van der Waals surface area contributed by atoms with Gasteiger partial charge in [-0.05, 0) is 61.7 Å². The smallest absolute Gasteiger partial charge is 0.254 e. The van der Waals surface area contributed by atoms with Crippen molar-refractivity contribution in [3.63, 3.8) is 0 Å². The largest absolute Gasteiger partial charge is 0.352 e. The summed E-state index contributed by atoms with van der Waals surface area (Å²) in [5.41, 5.74) is 0.681. The van der Waals surface area contributed by atoms with Crippen LogP contribution in [0.2, 0.25) is 0 Å². The Morgan fingerprint density at radius 3 is 2.92 bits per heavy atom. The van der Waals surface area contributed by atoms with E-state index in [1.165, 1.54) is 16.6 Å². The summed E-state index contributed by atoms with van der Waals surface area (Å²) in [5.74, 6) is 0.566. The van der Waals surface area contributed by atoms with E-state index < -0.39 is 0 Å². The van der Waals surface area contributed by atoms with E-state index >= 15 is 0 Å². The number of thioether (sulfide) groups is 1. The molecule has 1 fully saturated rings. The third-order valence-electron chi connectivity index (χ3n) is 4.43. The van der Waals surface area contributed by atoms with E-state index in [4.69, 9.17) is 0 Å². The molecular weight excluding hydrogens is 338 g/mol. The predicted molar refractivity (Wildman–Crippen MR) is 101 cm³/mol. The molecule has 0 unspecified atom stereocenters. The van der Waals surface area contributed by atoms with Crippen LogP contribution in [0.25, 0.3) is 0 Å². The Morgan fingerprint density at radius 1 is 1.38 bits per heavy atom. The molecule has 1 saturated heterocycles. The van der Waals surface area contributed by atoms with Gasteiger partial charge in [0.15, 0.2) is 0 Å². The third kappa shape index (κ3) is 4.59. The second-order valence-corrected chi connectivity index (χ2v) is 7.90. The molecule has 128 valence electrons. The standard InChI is InChI=1S/C18H23N3OS2/c1-23-18-16(5-2-8-19-18)17(22)20-12-14-6-9-21(10-7-14)13-15-4-3-11-24-15/h2-5,8,11,14H,6-7,9-10,12-13H2,1H3,(H,20,22). The Morgan fingerprint density at radius 2 is 2.21 bits per heavy atom. The van der Waals surface area contributed by atoms with Crippen LogP contribution in [0.15, 0.2) is 40.9 Å². The number of piperidine rings is 1. The summed E-state index contributed by atoms with van der Waals surface area (Å²) in [4.78, 5) is 20.6. The van der Waals surface area contributed by atoms with E-state index in [0.717, 1.165) is 44.0 Å². The fourth-order valence-corrected chi connectivity index (χ4v) is 4.32. The highest BCUT2D eigenvalue weighted by Gasteiger charge is 2.20. The number of rotatable bonds is 6. The topological polar surface area (TPSA) is 45.2 Å². The Kier molecular flexibility index (Phi) is 6.29. The van der Waals surface area contributed by atoms with Crippen LogP contribution in [0, 0.1) is 5.92 Å². The Bertz CT molecular complexity index is 652. The van der Waals surface area contributed by atoms with Crippen molar-refractivity contribution in [3.8, 4) is 0 Å². The van der Waals surface area contributed by atoms with Crippen LogP contribution < -0.4 is 5.32 Å². The lowest BCUT2D eigenvalue weighted by molar-refractivity contribution is 0.0931. The highest BCUT2D eigenvalue weighted by Crippen LogP contribution is 2.21. The van der Waals surface area contributed by atoms with Crippen molar-refractivity contribution in [2.45, 2.75) is 24.4 Å². The van der Waals surface area contributed by atoms with Gasteiger partial charge in [0.2, 0.25) is 0 Å². The molecule has 2 aromatic rings. The van der Waals surface area contributed by atoms with Crippen molar-refractivity contribution in [2.24, 2.45) is 5.92 Å². The van der Waals surface area contributed by atoms with Crippen LogP contribution in [0.1, 0.15) is 28.1 Å². The average Bonchev–Trinajstić information content (AvgIpc) is 3.14. The summed E-state index contributed by atoms with van der Waals surface area (Å²) in [6, 6.07) is 7.98. The highest BCUT2D eigenvalue weighted by atomic mass is 32.2. The van der Waals surface area contributed by atoms with Gasteiger partial charge in [-0.15, -0.1) is 23.1 Å². The van der Waals surface area contributed by atoms with Gasteiger partial charge in [-0.3, -0.25) is 9.69 Å². The van der Waals surface area contributed by atoms with Gasteiger partial charge in [0.05, 0.1) is 5.56 Å². The monoisotopic (exact) mass is 361 g/mol. The number of pyridine rings is 1. The number of likely N-dealkylation sites (tertiary alicyclic amines) is 1. The van der Waals surface area contributed by atoms with Gasteiger partial charge >= 0.3 is 0 Å². The summed E-state index contributed by atoms with van der Waals surface area (Å²) in [7, 11) is 0. The van der Waals surface area contributed by atoms with Crippen LogP contribution in [0.5, 0.6) is 0 Å². The van der Waals surface area contributed by atoms with Gasteiger partial charge in [0.1, 0.15) is 5.03 Å². The number of amides is 1. The van der Waals surface area contributed by atoms with Crippen molar-refractivity contribution in [2.75, 3.05) is 25.9 Å². The molecule has 0 radical (unpaired) electrons. The number of hydrogen-bond donors (Lipinski definition) is 1. The minimum atomic E-state index is -0.00605. The second kappa shape index (κ2) is 8.65. The first-order valence-electron chi connectivity index (χ1n) is 8.28. The zero-order chi connectivity index (χ0) is 16.8. The van der Waals surface area contributed by atoms with E-state index in [1.807, 2.05) is 29.7 Å². The lowest BCUT2D eigenvalue weighted by atomic mass is 9.96. The summed E-state index contributed by atoms with van der Waals surface area (Å²) >= 11 is 3.34. The first-order chi connectivity index (χ1) is 11.8. The van der Waals surface area contributed by atoms with Crippen molar-refractivity contribution in [1.82, 2.24) is 15.2 Å². The molecule has 0 aromatic carbocycles. The number of nitrogens with one attached hydrogen (secondary N) is 1. The van der Waals surface area contributed by atoms with Crippen molar-refractivity contribution >= 4 is 29.0 Å². The average molecular weight is 362 g/mol. The SMILES string of the molecule is CSc1ncccc1C(=O)NCC1CCN(Cc2cccs2)CC1. The van der Waals surface area contributed by atoms with Gasteiger partial charge in [-0.2, -0.15) is 0 Å². The fraction of sp³-hybridized carbons (Fsp3) is 0.444. The van der Waals surface area contributed by atoms with E-state index in [9.17, 15) is 4.79 Å². The Labute approximate surface area is 151 Å². The van der Waals surface area contributed by atoms with Crippen LogP contribution in [0.3, 0.4) is 0 Å². The molecule has 1 amide bonds. The molecule has 1 aliphatic rings. The van der Waals surface area contributed by atoms with Gasteiger partial charge in [0.25, 0.3) is 5.91 Å². The van der Waals surface area contributed by atoms with Gasteiger partial charge in [0, 0.05) is 24.2 Å². The molecule has 3 heterocycles. The van der Waals surface area contributed by atoms with Gasteiger partial charge in [-0.1, -0.05) is 6.07 Å². The second-order valence-electron chi connectivity index (χ2n) is 6.07. The zero-order valence-electron chi connectivity index (χ0n) is 13.9. The van der Waals surface area contributed by atoms with Crippen LogP contribution >= 0.6 is 23.1 Å². The van der Waals surface area contributed by atoms with Crippen LogP contribution in [-0.4, -0.2) is 41.7 Å². The zero-order valence-corrected chi connectivity index (χ0v) is 15.5. The minimum Gasteiger partial charge on any atom is -0.352 e. The third-order valence-corrected chi connectivity index (χ3v) is 6.00. The highest BCUT2D eigenvalue weighted by molar-refractivity contribution is 7.98. The maximum absolute atomic E-state index is 12.4. The maximum atomic E-state index is 12.4. The molecule has 4 nitrogen and oxygen atoms in total. The molecule has 0 aliphatic carbocycles. The van der Waals surface area contributed by atoms with Crippen molar-refractivity contribution in [1.29, 1.82) is 0 Å². The first-order valence-corrected chi connectivity index (χ1v) is 10.4. The molecule has 0 atom stereocenters. The number of hydrogen-bond acceptors (Lipinski definition) is 5. The van der Waals surface area contributed by atoms with Crippen molar-refractivity contribution < 1.29 is 4.79 Å². The molecule has 2 aromatic heterocycles. The molecule has 1 N–H and O–H groups in total.